The molecule has 0 saturated heterocycles. The predicted octanol–water partition coefficient (Wildman–Crippen LogP) is 4.29. The molecule has 0 radical (unpaired) electrons. The molecule has 2 rings (SSSR count). The van der Waals surface area contributed by atoms with Crippen molar-refractivity contribution in [2.75, 3.05) is 5.32 Å². The molecule has 0 saturated carbocycles. The number of allylic oxidation sites excluding steroid dienone is 1. The molecule has 2 aromatic rings. The van der Waals surface area contributed by atoms with Gasteiger partial charge >= 0.3 is 0 Å². The van der Waals surface area contributed by atoms with E-state index in [1.165, 1.54) is 24.4 Å². The minimum absolute atomic E-state index is 0.152. The molecule has 19 heavy (non-hydrogen) atoms. The van der Waals surface area contributed by atoms with E-state index in [4.69, 9.17) is 11.6 Å². The van der Waals surface area contributed by atoms with Crippen molar-refractivity contribution in [2.45, 2.75) is 0 Å². The Labute approximate surface area is 115 Å². The summed E-state index contributed by atoms with van der Waals surface area (Å²) < 4.78 is 12.9. The summed E-state index contributed by atoms with van der Waals surface area (Å²) in [4.78, 5) is 11.8. The highest BCUT2D eigenvalue weighted by Gasteiger charge is 2.00. The summed E-state index contributed by atoms with van der Waals surface area (Å²) in [5.74, 6) is -0.483. The molecule has 0 aliphatic carbocycles. The summed E-state index contributed by atoms with van der Waals surface area (Å²) >= 11 is 5.74. The number of carbonyl (C=O) groups is 1. The second-order valence-corrected chi connectivity index (χ2v) is 4.30. The average molecular weight is 276 g/mol. The van der Waals surface area contributed by atoms with E-state index in [0.717, 1.165) is 0 Å². The van der Waals surface area contributed by atoms with Crippen molar-refractivity contribution in [1.82, 2.24) is 0 Å². The Morgan fingerprint density at radius 2 is 1.89 bits per heavy atom. The SMILES string of the molecule is O=C(C=CNc1cccc(F)c1)c1ccc(Cl)cc1. The fraction of sp³-hybridized carbons (Fsp3) is 0. The van der Waals surface area contributed by atoms with Gasteiger partial charge in [-0.2, -0.15) is 0 Å². The summed E-state index contributed by atoms with van der Waals surface area (Å²) in [6.07, 6.45) is 2.86. The average Bonchev–Trinajstić information content (AvgIpc) is 2.39. The lowest BCUT2D eigenvalue weighted by molar-refractivity contribution is 0.104. The number of nitrogens with one attached hydrogen (secondary N) is 1. The van der Waals surface area contributed by atoms with Gasteiger partial charge in [0.2, 0.25) is 0 Å². The van der Waals surface area contributed by atoms with E-state index in [0.29, 0.717) is 16.3 Å². The first-order valence-corrected chi connectivity index (χ1v) is 6.01. The fourth-order valence-electron chi connectivity index (χ4n) is 1.50. The topological polar surface area (TPSA) is 29.1 Å². The Hall–Kier alpha value is -2.13. The number of hydrogen-bond acceptors (Lipinski definition) is 2. The van der Waals surface area contributed by atoms with Crippen molar-refractivity contribution >= 4 is 23.1 Å². The molecular weight excluding hydrogens is 265 g/mol. The van der Waals surface area contributed by atoms with E-state index in [1.807, 2.05) is 0 Å². The number of ketones is 1. The first-order valence-electron chi connectivity index (χ1n) is 5.64. The first-order chi connectivity index (χ1) is 9.15. The van der Waals surface area contributed by atoms with Gasteiger partial charge in [0.05, 0.1) is 0 Å². The summed E-state index contributed by atoms with van der Waals surface area (Å²) in [5, 5.41) is 3.41. The monoisotopic (exact) mass is 275 g/mol. The molecule has 4 heteroatoms. The second-order valence-electron chi connectivity index (χ2n) is 3.86. The molecule has 0 atom stereocenters. The van der Waals surface area contributed by atoms with Crippen LogP contribution in [0, 0.1) is 5.82 Å². The number of anilines is 1. The van der Waals surface area contributed by atoms with Gasteiger partial charge < -0.3 is 5.32 Å². The second kappa shape index (κ2) is 6.16. The molecule has 0 bridgehead atoms. The van der Waals surface area contributed by atoms with Crippen LogP contribution in [0.5, 0.6) is 0 Å². The van der Waals surface area contributed by atoms with E-state index in [1.54, 1.807) is 36.4 Å². The van der Waals surface area contributed by atoms with Gasteiger partial charge in [0.1, 0.15) is 5.82 Å². The Morgan fingerprint density at radius 3 is 2.58 bits per heavy atom. The lowest BCUT2D eigenvalue weighted by atomic mass is 10.1. The lowest BCUT2D eigenvalue weighted by Crippen LogP contribution is -1.96. The van der Waals surface area contributed by atoms with Crippen LogP contribution >= 0.6 is 11.6 Å². The first kappa shape index (κ1) is 13.3. The minimum atomic E-state index is -0.331. The van der Waals surface area contributed by atoms with E-state index in [-0.39, 0.29) is 11.6 Å². The highest BCUT2D eigenvalue weighted by molar-refractivity contribution is 6.30. The molecule has 0 spiro atoms. The molecule has 96 valence electrons. The fourth-order valence-corrected chi connectivity index (χ4v) is 1.63. The summed E-state index contributed by atoms with van der Waals surface area (Å²) in [6.45, 7) is 0. The standard InChI is InChI=1S/C15H11ClFNO/c16-12-6-4-11(5-7-12)15(19)8-9-18-14-3-1-2-13(17)10-14/h1-10,18H. The van der Waals surface area contributed by atoms with Gasteiger partial charge in [0, 0.05) is 28.5 Å². The third-order valence-electron chi connectivity index (χ3n) is 2.44. The number of halogens is 2. The molecule has 0 unspecified atom stereocenters. The van der Waals surface area contributed by atoms with Gasteiger partial charge in [-0.05, 0) is 42.5 Å². The smallest absolute Gasteiger partial charge is 0.187 e. The molecular formula is C15H11ClFNO. The maximum atomic E-state index is 12.9. The van der Waals surface area contributed by atoms with Crippen LogP contribution in [0.1, 0.15) is 10.4 Å². The van der Waals surface area contributed by atoms with Crippen LogP contribution in [0.3, 0.4) is 0 Å². The van der Waals surface area contributed by atoms with Crippen LogP contribution < -0.4 is 5.32 Å². The molecule has 0 aromatic heterocycles. The van der Waals surface area contributed by atoms with Gasteiger partial charge in [-0.15, -0.1) is 0 Å². The van der Waals surface area contributed by atoms with Crippen LogP contribution in [-0.4, -0.2) is 5.78 Å². The Kier molecular flexibility index (Phi) is 4.31. The van der Waals surface area contributed by atoms with Crippen molar-refractivity contribution < 1.29 is 9.18 Å². The molecule has 0 heterocycles. The van der Waals surface area contributed by atoms with E-state index in [9.17, 15) is 9.18 Å². The third-order valence-corrected chi connectivity index (χ3v) is 2.69. The molecule has 0 fully saturated rings. The minimum Gasteiger partial charge on any atom is -0.361 e. The molecule has 0 aliphatic heterocycles. The predicted molar refractivity (Wildman–Crippen MR) is 74.9 cm³/mol. The van der Waals surface area contributed by atoms with E-state index >= 15 is 0 Å². The van der Waals surface area contributed by atoms with Crippen molar-refractivity contribution in [2.24, 2.45) is 0 Å². The molecule has 2 aromatic carbocycles. The van der Waals surface area contributed by atoms with Crippen molar-refractivity contribution in [3.63, 3.8) is 0 Å². The van der Waals surface area contributed by atoms with E-state index < -0.39 is 0 Å². The van der Waals surface area contributed by atoms with Crippen molar-refractivity contribution in [3.05, 3.63) is 77.2 Å². The van der Waals surface area contributed by atoms with Crippen molar-refractivity contribution in [3.8, 4) is 0 Å². The van der Waals surface area contributed by atoms with Gasteiger partial charge in [-0.3, -0.25) is 4.79 Å². The zero-order valence-electron chi connectivity index (χ0n) is 9.94. The molecule has 2 nitrogen and oxygen atoms in total. The van der Waals surface area contributed by atoms with Crippen LogP contribution in [0.15, 0.2) is 60.8 Å². The van der Waals surface area contributed by atoms with Crippen molar-refractivity contribution in [1.29, 1.82) is 0 Å². The van der Waals surface area contributed by atoms with Gasteiger partial charge in [-0.25, -0.2) is 4.39 Å². The number of benzene rings is 2. The number of hydrogen-bond donors (Lipinski definition) is 1. The zero-order valence-corrected chi connectivity index (χ0v) is 10.7. The molecule has 1 N–H and O–H groups in total. The van der Waals surface area contributed by atoms with Crippen LogP contribution in [0.25, 0.3) is 0 Å². The largest absolute Gasteiger partial charge is 0.361 e. The Morgan fingerprint density at radius 1 is 1.16 bits per heavy atom. The summed E-state index contributed by atoms with van der Waals surface area (Å²) in [7, 11) is 0. The maximum absolute atomic E-state index is 12.9. The van der Waals surface area contributed by atoms with Gasteiger partial charge in [0.25, 0.3) is 0 Å². The summed E-state index contributed by atoms with van der Waals surface area (Å²) in [6, 6.07) is 12.6. The number of carbonyl (C=O) groups excluding carboxylic acids is 1. The van der Waals surface area contributed by atoms with Gasteiger partial charge in [0.15, 0.2) is 5.78 Å². The van der Waals surface area contributed by atoms with Crippen LogP contribution in [-0.2, 0) is 0 Å². The highest BCUT2D eigenvalue weighted by Crippen LogP contribution is 2.11. The normalized spacial score (nSPS) is 10.6. The highest BCUT2D eigenvalue weighted by atomic mass is 35.5. The van der Waals surface area contributed by atoms with Gasteiger partial charge in [-0.1, -0.05) is 17.7 Å². The molecule has 0 aliphatic rings. The zero-order chi connectivity index (χ0) is 13.7. The lowest BCUT2D eigenvalue weighted by Gasteiger charge is -2.00. The number of rotatable bonds is 4. The Balaban J connectivity index is 1.99. The maximum Gasteiger partial charge on any atom is 0.187 e. The third kappa shape index (κ3) is 3.93. The van der Waals surface area contributed by atoms with Crippen LogP contribution in [0.4, 0.5) is 10.1 Å². The van der Waals surface area contributed by atoms with Crippen LogP contribution in [0.2, 0.25) is 5.02 Å². The summed E-state index contributed by atoms with van der Waals surface area (Å²) in [5.41, 5.74) is 1.13. The van der Waals surface area contributed by atoms with E-state index in [2.05, 4.69) is 5.32 Å². The Bertz CT molecular complexity index is 608. The molecule has 0 amide bonds. The quantitative estimate of drug-likeness (QED) is 0.666.